The van der Waals surface area contributed by atoms with Gasteiger partial charge < -0.3 is 19.3 Å². The molecule has 9 heteroatoms. The summed E-state index contributed by atoms with van der Waals surface area (Å²) < 4.78 is 19.5. The second-order valence-corrected chi connectivity index (χ2v) is 6.56. The van der Waals surface area contributed by atoms with E-state index in [2.05, 4.69) is 15.0 Å². The molecule has 2 aliphatic rings. The minimum absolute atomic E-state index is 0.154. The third-order valence-electron chi connectivity index (χ3n) is 4.07. The van der Waals surface area contributed by atoms with E-state index >= 15 is 0 Å². The SMILES string of the molecule is Cc1nc(Cl)c2ncn(C3OC(CO)C4OC(C)(C)OC43)c2n1. The molecule has 0 spiro atoms. The van der Waals surface area contributed by atoms with Crippen LogP contribution in [0.3, 0.4) is 0 Å². The van der Waals surface area contributed by atoms with Gasteiger partial charge in [0.05, 0.1) is 12.9 Å². The van der Waals surface area contributed by atoms with Gasteiger partial charge in [-0.2, -0.15) is 0 Å². The van der Waals surface area contributed by atoms with E-state index in [-0.39, 0.29) is 18.8 Å². The van der Waals surface area contributed by atoms with Crippen LogP contribution in [0.1, 0.15) is 25.9 Å². The molecule has 23 heavy (non-hydrogen) atoms. The van der Waals surface area contributed by atoms with Crippen molar-refractivity contribution in [3.05, 3.63) is 17.3 Å². The van der Waals surface area contributed by atoms with E-state index in [1.807, 2.05) is 13.8 Å². The molecule has 4 atom stereocenters. The lowest BCUT2D eigenvalue weighted by Gasteiger charge is -2.24. The molecule has 1 N–H and O–H groups in total. The summed E-state index contributed by atoms with van der Waals surface area (Å²) in [5, 5.41) is 9.86. The first kappa shape index (κ1) is 15.2. The molecule has 124 valence electrons. The molecule has 4 heterocycles. The van der Waals surface area contributed by atoms with E-state index in [0.29, 0.717) is 22.1 Å². The first-order valence-corrected chi connectivity index (χ1v) is 7.76. The van der Waals surface area contributed by atoms with Crippen LogP contribution < -0.4 is 0 Å². The highest BCUT2D eigenvalue weighted by atomic mass is 35.5. The van der Waals surface area contributed by atoms with Gasteiger partial charge in [-0.15, -0.1) is 0 Å². The fourth-order valence-electron chi connectivity index (χ4n) is 3.20. The number of aliphatic hydroxyl groups is 1. The lowest BCUT2D eigenvalue weighted by atomic mass is 10.1. The van der Waals surface area contributed by atoms with E-state index in [9.17, 15) is 5.11 Å². The fourth-order valence-corrected chi connectivity index (χ4v) is 3.46. The van der Waals surface area contributed by atoms with Gasteiger partial charge in [0.15, 0.2) is 22.8 Å². The van der Waals surface area contributed by atoms with Gasteiger partial charge >= 0.3 is 0 Å². The lowest BCUT2D eigenvalue weighted by Crippen LogP contribution is -2.31. The smallest absolute Gasteiger partial charge is 0.167 e. The maximum atomic E-state index is 9.57. The van der Waals surface area contributed by atoms with E-state index in [0.717, 1.165) is 0 Å². The maximum absolute atomic E-state index is 9.57. The molecule has 4 rings (SSSR count). The predicted octanol–water partition coefficient (Wildman–Crippen LogP) is 1.20. The summed E-state index contributed by atoms with van der Waals surface area (Å²) in [6, 6.07) is 0. The minimum Gasteiger partial charge on any atom is -0.394 e. The lowest BCUT2D eigenvalue weighted by molar-refractivity contribution is -0.199. The number of halogens is 1. The standard InChI is InChI=1S/C14H17ClN4O4/c1-6-17-11(15)8-12(18-6)19(5-16-8)13-10-9(7(4-20)21-13)22-14(2,3)23-10/h5,7,9-10,13,20H,4H2,1-3H3. The van der Waals surface area contributed by atoms with Crippen molar-refractivity contribution < 1.29 is 19.3 Å². The molecule has 0 aliphatic carbocycles. The van der Waals surface area contributed by atoms with Crippen molar-refractivity contribution in [3.63, 3.8) is 0 Å². The van der Waals surface area contributed by atoms with Crippen LogP contribution in [0.4, 0.5) is 0 Å². The van der Waals surface area contributed by atoms with Crippen LogP contribution in [0.5, 0.6) is 0 Å². The van der Waals surface area contributed by atoms with Gasteiger partial charge in [-0.25, -0.2) is 15.0 Å². The van der Waals surface area contributed by atoms with Crippen LogP contribution >= 0.6 is 11.6 Å². The topological polar surface area (TPSA) is 91.5 Å². The number of fused-ring (bicyclic) bond motifs is 2. The van der Waals surface area contributed by atoms with Crippen LogP contribution in [-0.4, -0.2) is 55.3 Å². The quantitative estimate of drug-likeness (QED) is 0.821. The number of aliphatic hydroxyl groups excluding tert-OH is 1. The molecule has 2 fully saturated rings. The normalized spacial score (nSPS) is 32.6. The third kappa shape index (κ3) is 2.33. The van der Waals surface area contributed by atoms with Crippen molar-refractivity contribution in [1.82, 2.24) is 19.5 Å². The molecule has 0 radical (unpaired) electrons. The van der Waals surface area contributed by atoms with Crippen molar-refractivity contribution >= 4 is 22.8 Å². The van der Waals surface area contributed by atoms with Crippen LogP contribution in [0.2, 0.25) is 5.15 Å². The third-order valence-corrected chi connectivity index (χ3v) is 4.33. The predicted molar refractivity (Wildman–Crippen MR) is 79.9 cm³/mol. The summed E-state index contributed by atoms with van der Waals surface area (Å²) in [5.41, 5.74) is 1.07. The molecular weight excluding hydrogens is 324 g/mol. The number of aryl methyl sites for hydroxylation is 1. The van der Waals surface area contributed by atoms with Crippen molar-refractivity contribution in [2.24, 2.45) is 0 Å². The van der Waals surface area contributed by atoms with E-state index in [1.54, 1.807) is 17.8 Å². The van der Waals surface area contributed by atoms with Crippen LogP contribution in [0.25, 0.3) is 11.2 Å². The van der Waals surface area contributed by atoms with Gasteiger partial charge in [0.2, 0.25) is 0 Å². The molecule has 2 saturated heterocycles. The number of aromatic nitrogens is 4. The van der Waals surface area contributed by atoms with Crippen LogP contribution in [0.15, 0.2) is 6.33 Å². The largest absolute Gasteiger partial charge is 0.394 e. The molecule has 2 aromatic rings. The number of hydrogen-bond donors (Lipinski definition) is 1. The van der Waals surface area contributed by atoms with Crippen molar-refractivity contribution in [1.29, 1.82) is 0 Å². The first-order chi connectivity index (χ1) is 10.9. The summed E-state index contributed by atoms with van der Waals surface area (Å²) in [5.74, 6) is -0.189. The summed E-state index contributed by atoms with van der Waals surface area (Å²) in [7, 11) is 0. The van der Waals surface area contributed by atoms with Crippen molar-refractivity contribution in [2.75, 3.05) is 6.61 Å². The molecule has 2 aromatic heterocycles. The highest BCUT2D eigenvalue weighted by Crippen LogP contribution is 2.43. The second kappa shape index (κ2) is 5.09. The van der Waals surface area contributed by atoms with Crippen LogP contribution in [-0.2, 0) is 14.2 Å². The van der Waals surface area contributed by atoms with Gasteiger partial charge in [-0.05, 0) is 20.8 Å². The van der Waals surface area contributed by atoms with Gasteiger partial charge in [-0.3, -0.25) is 4.57 Å². The number of imidazole rings is 1. The number of nitrogens with zero attached hydrogens (tertiary/aromatic N) is 4. The molecule has 0 bridgehead atoms. The van der Waals surface area contributed by atoms with E-state index in [1.165, 1.54) is 0 Å². The van der Waals surface area contributed by atoms with Gasteiger partial charge in [0.1, 0.15) is 29.7 Å². The molecule has 0 aromatic carbocycles. The Morgan fingerprint density at radius 3 is 2.78 bits per heavy atom. The maximum Gasteiger partial charge on any atom is 0.167 e. The van der Waals surface area contributed by atoms with E-state index < -0.39 is 18.1 Å². The van der Waals surface area contributed by atoms with E-state index in [4.69, 9.17) is 25.8 Å². The summed E-state index contributed by atoms with van der Waals surface area (Å²) in [6.45, 7) is 5.28. The summed E-state index contributed by atoms with van der Waals surface area (Å²) in [6.07, 6.45) is -0.0951. The minimum atomic E-state index is -0.732. The number of hydrogen-bond acceptors (Lipinski definition) is 7. The number of ether oxygens (including phenoxy) is 3. The second-order valence-electron chi connectivity index (χ2n) is 6.20. The molecule has 4 unspecified atom stereocenters. The average Bonchev–Trinajstić information content (AvgIpc) is 3.09. The van der Waals surface area contributed by atoms with Crippen molar-refractivity contribution in [2.45, 2.75) is 51.1 Å². The Labute approximate surface area is 137 Å². The highest BCUT2D eigenvalue weighted by Gasteiger charge is 2.55. The van der Waals surface area contributed by atoms with Gasteiger partial charge in [0, 0.05) is 0 Å². The Balaban J connectivity index is 1.79. The Morgan fingerprint density at radius 2 is 2.04 bits per heavy atom. The molecule has 0 amide bonds. The Hall–Kier alpha value is -1.32. The van der Waals surface area contributed by atoms with Gasteiger partial charge in [-0.1, -0.05) is 11.6 Å². The molecule has 0 saturated carbocycles. The molecule has 2 aliphatic heterocycles. The molecular formula is C14H17ClN4O4. The van der Waals surface area contributed by atoms with Crippen molar-refractivity contribution in [3.8, 4) is 0 Å². The average molecular weight is 341 g/mol. The van der Waals surface area contributed by atoms with Gasteiger partial charge in [0.25, 0.3) is 0 Å². The first-order valence-electron chi connectivity index (χ1n) is 7.38. The van der Waals surface area contributed by atoms with Crippen LogP contribution in [0, 0.1) is 6.92 Å². The zero-order chi connectivity index (χ0) is 16.4. The zero-order valence-corrected chi connectivity index (χ0v) is 13.7. The number of rotatable bonds is 2. The fraction of sp³-hybridized carbons (Fsp3) is 0.643. The Morgan fingerprint density at radius 1 is 1.30 bits per heavy atom. The summed E-state index contributed by atoms with van der Waals surface area (Å²) >= 11 is 6.13. The zero-order valence-electron chi connectivity index (χ0n) is 12.9. The Bertz CT molecular complexity index is 765. The monoisotopic (exact) mass is 340 g/mol. The highest BCUT2D eigenvalue weighted by molar-refractivity contribution is 6.33. The summed E-state index contributed by atoms with van der Waals surface area (Å²) in [4.78, 5) is 12.8. The molecule has 8 nitrogen and oxygen atoms in total. The Kier molecular flexibility index (Phi) is 3.37.